The van der Waals surface area contributed by atoms with Crippen molar-refractivity contribution in [1.29, 1.82) is 0 Å². The van der Waals surface area contributed by atoms with E-state index in [4.69, 9.17) is 0 Å². The Bertz CT molecular complexity index is 935. The van der Waals surface area contributed by atoms with Crippen molar-refractivity contribution < 1.29 is 13.6 Å². The van der Waals surface area contributed by atoms with Crippen LogP contribution in [0.2, 0.25) is 0 Å². The molecule has 1 N–H and O–H groups in total. The number of halogens is 2. The highest BCUT2D eigenvalue weighted by Gasteiger charge is 2.22. The zero-order chi connectivity index (χ0) is 18.8. The summed E-state index contributed by atoms with van der Waals surface area (Å²) in [6, 6.07) is 9.00. The van der Waals surface area contributed by atoms with Crippen LogP contribution >= 0.6 is 0 Å². The fourth-order valence-electron chi connectivity index (χ4n) is 2.88. The lowest BCUT2D eigenvalue weighted by Gasteiger charge is -2.17. The normalized spacial score (nSPS) is 12.5. The number of carbonyl (C=O) groups excluding carboxylic acids is 1. The van der Waals surface area contributed by atoms with E-state index >= 15 is 0 Å². The Balaban J connectivity index is 1.93. The van der Waals surface area contributed by atoms with Crippen LogP contribution in [0, 0.1) is 13.8 Å². The fraction of sp³-hybridized carbons (Fsp3) is 0.316. The number of carbonyl (C=O) groups is 1. The standard InChI is InChI=1S/C19H20F2N4O/c1-4-15(13-7-5-11(2)6-8-13)24-19(26)14-10-22-25-16(17(20)21)9-12(3)23-18(14)25/h5-10,15,17H,4H2,1-3H3,(H,24,26). The Hall–Kier alpha value is -2.83. The fourth-order valence-corrected chi connectivity index (χ4v) is 2.88. The van der Waals surface area contributed by atoms with Crippen molar-refractivity contribution in [3.8, 4) is 0 Å². The van der Waals surface area contributed by atoms with Crippen molar-refractivity contribution >= 4 is 11.6 Å². The summed E-state index contributed by atoms with van der Waals surface area (Å²) in [5.74, 6) is -0.384. The zero-order valence-corrected chi connectivity index (χ0v) is 14.8. The van der Waals surface area contributed by atoms with Crippen LogP contribution < -0.4 is 5.32 Å². The van der Waals surface area contributed by atoms with Crippen LogP contribution in [0.3, 0.4) is 0 Å². The minimum absolute atomic E-state index is 0.136. The highest BCUT2D eigenvalue weighted by atomic mass is 19.3. The quantitative estimate of drug-likeness (QED) is 0.745. The Morgan fingerprint density at radius 2 is 1.92 bits per heavy atom. The van der Waals surface area contributed by atoms with Gasteiger partial charge >= 0.3 is 0 Å². The summed E-state index contributed by atoms with van der Waals surface area (Å²) in [6.45, 7) is 5.58. The second kappa shape index (κ2) is 7.19. The van der Waals surface area contributed by atoms with E-state index in [1.807, 2.05) is 38.1 Å². The molecule has 1 atom stereocenters. The van der Waals surface area contributed by atoms with E-state index in [1.165, 1.54) is 12.3 Å². The number of rotatable bonds is 5. The summed E-state index contributed by atoms with van der Waals surface area (Å²) >= 11 is 0. The van der Waals surface area contributed by atoms with Gasteiger partial charge in [-0.3, -0.25) is 4.79 Å². The molecule has 0 aliphatic carbocycles. The number of hydrogen-bond acceptors (Lipinski definition) is 3. The maximum Gasteiger partial charge on any atom is 0.280 e. The number of hydrogen-bond donors (Lipinski definition) is 1. The lowest BCUT2D eigenvalue weighted by Crippen LogP contribution is -2.28. The molecule has 0 aliphatic heterocycles. The molecule has 0 radical (unpaired) electrons. The first-order valence-corrected chi connectivity index (χ1v) is 8.41. The average Bonchev–Trinajstić information content (AvgIpc) is 3.03. The van der Waals surface area contributed by atoms with Crippen molar-refractivity contribution in [3.63, 3.8) is 0 Å². The monoisotopic (exact) mass is 358 g/mol. The van der Waals surface area contributed by atoms with Crippen molar-refractivity contribution in [2.45, 2.75) is 39.7 Å². The van der Waals surface area contributed by atoms with E-state index in [0.717, 1.165) is 15.6 Å². The molecule has 0 saturated carbocycles. The van der Waals surface area contributed by atoms with Gasteiger partial charge in [0.2, 0.25) is 0 Å². The van der Waals surface area contributed by atoms with Gasteiger partial charge in [-0.1, -0.05) is 36.8 Å². The van der Waals surface area contributed by atoms with E-state index in [1.54, 1.807) is 6.92 Å². The summed E-state index contributed by atoms with van der Waals surface area (Å²) in [5, 5.41) is 6.88. The SMILES string of the molecule is CCC(NC(=O)c1cnn2c(C(F)F)cc(C)nc12)c1ccc(C)cc1. The Labute approximate surface area is 150 Å². The van der Waals surface area contributed by atoms with Gasteiger partial charge in [0.15, 0.2) is 5.65 Å². The highest BCUT2D eigenvalue weighted by Crippen LogP contribution is 2.23. The van der Waals surface area contributed by atoms with Crippen molar-refractivity contribution in [2.75, 3.05) is 0 Å². The molecule has 2 heterocycles. The minimum Gasteiger partial charge on any atom is -0.345 e. The van der Waals surface area contributed by atoms with E-state index in [0.29, 0.717) is 12.1 Å². The molecule has 1 aromatic carbocycles. The molecule has 1 amide bonds. The molecule has 1 unspecified atom stereocenters. The predicted molar refractivity (Wildman–Crippen MR) is 94.4 cm³/mol. The average molecular weight is 358 g/mol. The van der Waals surface area contributed by atoms with Gasteiger partial charge < -0.3 is 5.32 Å². The maximum atomic E-state index is 13.2. The van der Waals surface area contributed by atoms with Gasteiger partial charge in [0.1, 0.15) is 11.3 Å². The molecule has 26 heavy (non-hydrogen) atoms. The third kappa shape index (κ3) is 3.42. The summed E-state index contributed by atoms with van der Waals surface area (Å²) in [5.41, 5.74) is 2.57. The minimum atomic E-state index is -2.70. The molecule has 0 spiro atoms. The van der Waals surface area contributed by atoms with Gasteiger partial charge in [-0.25, -0.2) is 18.3 Å². The van der Waals surface area contributed by atoms with Crippen LogP contribution in [0.15, 0.2) is 36.5 Å². The van der Waals surface area contributed by atoms with Gasteiger partial charge in [-0.15, -0.1) is 0 Å². The van der Waals surface area contributed by atoms with Crippen LogP contribution in [0.25, 0.3) is 5.65 Å². The second-order valence-corrected chi connectivity index (χ2v) is 6.26. The molecular weight excluding hydrogens is 338 g/mol. The Morgan fingerprint density at radius 1 is 1.23 bits per heavy atom. The van der Waals surface area contributed by atoms with Crippen molar-refractivity contribution in [3.05, 3.63) is 64.6 Å². The van der Waals surface area contributed by atoms with Crippen LogP contribution in [-0.2, 0) is 0 Å². The van der Waals surface area contributed by atoms with E-state index in [9.17, 15) is 13.6 Å². The molecule has 136 valence electrons. The first kappa shape index (κ1) is 18.0. The Morgan fingerprint density at radius 3 is 2.54 bits per heavy atom. The van der Waals surface area contributed by atoms with Crippen LogP contribution in [0.1, 0.15) is 58.7 Å². The van der Waals surface area contributed by atoms with Gasteiger partial charge in [0, 0.05) is 5.69 Å². The molecule has 7 heteroatoms. The van der Waals surface area contributed by atoms with Gasteiger partial charge in [0.25, 0.3) is 12.3 Å². The summed E-state index contributed by atoms with van der Waals surface area (Å²) < 4.78 is 27.5. The first-order valence-electron chi connectivity index (χ1n) is 8.41. The van der Waals surface area contributed by atoms with Crippen LogP contribution in [0.5, 0.6) is 0 Å². The molecule has 2 aromatic heterocycles. The largest absolute Gasteiger partial charge is 0.345 e. The molecule has 0 saturated heterocycles. The number of benzene rings is 1. The maximum absolute atomic E-state index is 13.2. The van der Waals surface area contributed by atoms with E-state index < -0.39 is 6.43 Å². The molecule has 3 aromatic rings. The number of fused-ring (bicyclic) bond motifs is 1. The van der Waals surface area contributed by atoms with Crippen molar-refractivity contribution in [2.24, 2.45) is 0 Å². The number of aromatic nitrogens is 3. The zero-order valence-electron chi connectivity index (χ0n) is 14.8. The number of amides is 1. The molecule has 0 fully saturated rings. The smallest absolute Gasteiger partial charge is 0.280 e. The first-order chi connectivity index (χ1) is 12.4. The van der Waals surface area contributed by atoms with Gasteiger partial charge in [-0.2, -0.15) is 5.10 Å². The molecule has 3 rings (SSSR count). The summed E-state index contributed by atoms with van der Waals surface area (Å²) in [4.78, 5) is 17.0. The number of aryl methyl sites for hydroxylation is 2. The topological polar surface area (TPSA) is 59.3 Å². The van der Waals surface area contributed by atoms with E-state index in [2.05, 4.69) is 15.4 Å². The number of nitrogens with zero attached hydrogens (tertiary/aromatic N) is 3. The lowest BCUT2D eigenvalue weighted by molar-refractivity contribution is 0.0936. The van der Waals surface area contributed by atoms with Gasteiger partial charge in [0.05, 0.1) is 12.2 Å². The summed E-state index contributed by atoms with van der Waals surface area (Å²) in [7, 11) is 0. The summed E-state index contributed by atoms with van der Waals surface area (Å²) in [6.07, 6.45) is -0.723. The van der Waals surface area contributed by atoms with Gasteiger partial charge in [-0.05, 0) is 31.9 Å². The number of alkyl halides is 2. The third-order valence-corrected chi connectivity index (χ3v) is 4.29. The molecule has 5 nitrogen and oxygen atoms in total. The predicted octanol–water partition coefficient (Wildman–Crippen LogP) is 4.16. The third-order valence-electron chi connectivity index (χ3n) is 4.29. The highest BCUT2D eigenvalue weighted by molar-refractivity contribution is 5.99. The molecular formula is C19H20F2N4O. The van der Waals surface area contributed by atoms with E-state index in [-0.39, 0.29) is 28.9 Å². The van der Waals surface area contributed by atoms with Crippen LogP contribution in [-0.4, -0.2) is 20.5 Å². The lowest BCUT2D eigenvalue weighted by atomic mass is 10.0. The Kier molecular flexibility index (Phi) is 4.97. The van der Waals surface area contributed by atoms with Crippen molar-refractivity contribution in [1.82, 2.24) is 19.9 Å². The van der Waals surface area contributed by atoms with Crippen LogP contribution in [0.4, 0.5) is 8.78 Å². The second-order valence-electron chi connectivity index (χ2n) is 6.26. The molecule has 0 aliphatic rings. The molecule has 0 bridgehead atoms. The number of nitrogens with one attached hydrogen (secondary N) is 1.